The Morgan fingerprint density at radius 2 is 1.21 bits per heavy atom. The normalized spacial score (nSPS) is 11.0. The first-order valence-electron chi connectivity index (χ1n) is 10.3. The van der Waals surface area contributed by atoms with Crippen LogP contribution >= 0.6 is 0 Å². The molecular weight excluding hydrogens is 418 g/mol. The Bertz CT molecular complexity index is 1340. The van der Waals surface area contributed by atoms with Crippen LogP contribution in [0.15, 0.2) is 95.2 Å². The van der Waals surface area contributed by atoms with Gasteiger partial charge in [-0.15, -0.1) is 10.2 Å². The van der Waals surface area contributed by atoms with Crippen LogP contribution in [-0.4, -0.2) is 22.0 Å². The number of fused-ring (bicyclic) bond motifs is 1. The number of carbonyl (C=O) groups is 2. The minimum atomic E-state index is -0.533. The lowest BCUT2D eigenvalue weighted by molar-refractivity contribution is -0.117. The molecule has 7 heteroatoms. The SMILES string of the molecule is O=C(Cc1ccccc1)N=Nc1c(NC(=O)Cc2ccccc2)c(O)c2ccccc2c1O. The Morgan fingerprint density at radius 1 is 0.697 bits per heavy atom. The van der Waals surface area contributed by atoms with Gasteiger partial charge in [-0.05, 0) is 11.1 Å². The van der Waals surface area contributed by atoms with Gasteiger partial charge in [0.05, 0.1) is 12.8 Å². The number of phenols is 2. The van der Waals surface area contributed by atoms with E-state index in [0.717, 1.165) is 11.1 Å². The lowest BCUT2D eigenvalue weighted by atomic mass is 10.0. The highest BCUT2D eigenvalue weighted by Gasteiger charge is 2.21. The molecule has 0 bridgehead atoms. The number of phenolic OH excluding ortho intramolecular Hbond substituents is 2. The summed E-state index contributed by atoms with van der Waals surface area (Å²) in [4.78, 5) is 25.0. The second kappa shape index (κ2) is 9.74. The summed E-state index contributed by atoms with van der Waals surface area (Å²) in [5.74, 6) is -1.52. The molecule has 0 aromatic heterocycles. The Balaban J connectivity index is 1.68. The van der Waals surface area contributed by atoms with Gasteiger partial charge in [0.15, 0.2) is 11.4 Å². The van der Waals surface area contributed by atoms with Gasteiger partial charge >= 0.3 is 0 Å². The number of carbonyl (C=O) groups excluding carboxylic acids is 2. The number of hydrogen-bond donors (Lipinski definition) is 3. The monoisotopic (exact) mass is 439 g/mol. The summed E-state index contributed by atoms with van der Waals surface area (Å²) in [6.07, 6.45) is 0.0811. The number of azo groups is 1. The molecule has 0 aliphatic rings. The van der Waals surface area contributed by atoms with Crippen molar-refractivity contribution in [3.63, 3.8) is 0 Å². The first kappa shape index (κ1) is 21.7. The van der Waals surface area contributed by atoms with Gasteiger partial charge in [0.25, 0.3) is 5.91 Å². The quantitative estimate of drug-likeness (QED) is 0.215. The lowest BCUT2D eigenvalue weighted by Gasteiger charge is -2.14. The molecule has 0 aliphatic heterocycles. The third-order valence-corrected chi connectivity index (χ3v) is 5.07. The molecule has 0 unspecified atom stereocenters. The van der Waals surface area contributed by atoms with Crippen molar-refractivity contribution in [1.82, 2.24) is 0 Å². The van der Waals surface area contributed by atoms with Gasteiger partial charge in [-0.1, -0.05) is 84.9 Å². The second-order valence-electron chi connectivity index (χ2n) is 7.43. The summed E-state index contributed by atoms with van der Waals surface area (Å²) in [7, 11) is 0. The Kier molecular flexibility index (Phi) is 6.40. The summed E-state index contributed by atoms with van der Waals surface area (Å²) in [6.45, 7) is 0. The molecule has 7 nitrogen and oxygen atoms in total. The molecule has 4 aromatic rings. The maximum atomic E-state index is 12.7. The number of anilines is 1. The molecule has 2 amide bonds. The zero-order chi connectivity index (χ0) is 23.2. The summed E-state index contributed by atoms with van der Waals surface area (Å²) in [6, 6.07) is 24.8. The predicted octanol–water partition coefficient (Wildman–Crippen LogP) is 5.29. The van der Waals surface area contributed by atoms with Crippen LogP contribution in [0.25, 0.3) is 10.8 Å². The number of aromatic hydroxyl groups is 2. The van der Waals surface area contributed by atoms with Gasteiger partial charge < -0.3 is 15.5 Å². The molecule has 164 valence electrons. The highest BCUT2D eigenvalue weighted by molar-refractivity contribution is 6.08. The van der Waals surface area contributed by atoms with Crippen LogP contribution < -0.4 is 5.32 Å². The van der Waals surface area contributed by atoms with Gasteiger partial charge in [-0.3, -0.25) is 9.59 Å². The predicted molar refractivity (Wildman–Crippen MR) is 126 cm³/mol. The molecule has 4 rings (SSSR count). The van der Waals surface area contributed by atoms with E-state index in [9.17, 15) is 19.8 Å². The smallest absolute Gasteiger partial charge is 0.269 e. The van der Waals surface area contributed by atoms with E-state index >= 15 is 0 Å². The van der Waals surface area contributed by atoms with Crippen LogP contribution in [0.4, 0.5) is 11.4 Å². The number of hydrogen-bond acceptors (Lipinski definition) is 5. The highest BCUT2D eigenvalue weighted by atomic mass is 16.3. The molecule has 4 aromatic carbocycles. The summed E-state index contributed by atoms with van der Waals surface area (Å²) < 4.78 is 0. The maximum absolute atomic E-state index is 12.7. The van der Waals surface area contributed by atoms with Gasteiger partial charge in [0.1, 0.15) is 11.4 Å². The van der Waals surface area contributed by atoms with E-state index in [1.54, 1.807) is 48.5 Å². The van der Waals surface area contributed by atoms with Crippen molar-refractivity contribution in [2.24, 2.45) is 10.2 Å². The fraction of sp³-hybridized carbons (Fsp3) is 0.0769. The molecule has 3 N–H and O–H groups in total. The molecule has 0 aliphatic carbocycles. The summed E-state index contributed by atoms with van der Waals surface area (Å²) in [5, 5.41) is 32.6. The zero-order valence-electron chi connectivity index (χ0n) is 17.6. The molecule has 0 spiro atoms. The lowest BCUT2D eigenvalue weighted by Crippen LogP contribution is -2.14. The third-order valence-electron chi connectivity index (χ3n) is 5.07. The van der Waals surface area contributed by atoms with E-state index in [4.69, 9.17) is 0 Å². The Hall–Kier alpha value is -4.52. The van der Waals surface area contributed by atoms with E-state index in [1.807, 2.05) is 36.4 Å². The average Bonchev–Trinajstić information content (AvgIpc) is 2.83. The van der Waals surface area contributed by atoms with Crippen molar-refractivity contribution in [1.29, 1.82) is 0 Å². The van der Waals surface area contributed by atoms with Gasteiger partial charge in [0.2, 0.25) is 5.91 Å². The van der Waals surface area contributed by atoms with Crippen molar-refractivity contribution >= 4 is 34.0 Å². The second-order valence-corrected chi connectivity index (χ2v) is 7.43. The zero-order valence-corrected chi connectivity index (χ0v) is 17.6. The van der Waals surface area contributed by atoms with E-state index in [0.29, 0.717) is 10.8 Å². The Labute approximate surface area is 190 Å². The fourth-order valence-corrected chi connectivity index (χ4v) is 3.48. The highest BCUT2D eigenvalue weighted by Crippen LogP contribution is 2.48. The standard InChI is InChI=1S/C26H21N3O4/c30-21(15-17-9-3-1-4-10-17)27-23-24(26(33)20-14-8-7-13-19(20)25(23)32)29-28-22(31)16-18-11-5-2-6-12-18/h1-14,32-33H,15-16H2,(H,27,30). The van der Waals surface area contributed by atoms with Crippen molar-refractivity contribution in [2.45, 2.75) is 12.8 Å². The van der Waals surface area contributed by atoms with Gasteiger partial charge in [0, 0.05) is 10.8 Å². The Morgan fingerprint density at radius 3 is 1.82 bits per heavy atom. The van der Waals surface area contributed by atoms with Crippen LogP contribution in [-0.2, 0) is 22.4 Å². The minimum Gasteiger partial charge on any atom is -0.505 e. The molecule has 0 atom stereocenters. The molecule has 33 heavy (non-hydrogen) atoms. The summed E-state index contributed by atoms with van der Waals surface area (Å²) >= 11 is 0. The van der Waals surface area contributed by atoms with Crippen LogP contribution in [0.2, 0.25) is 0 Å². The fourth-order valence-electron chi connectivity index (χ4n) is 3.48. The van der Waals surface area contributed by atoms with Crippen molar-refractivity contribution in [3.05, 3.63) is 96.1 Å². The van der Waals surface area contributed by atoms with Crippen molar-refractivity contribution < 1.29 is 19.8 Å². The van der Waals surface area contributed by atoms with Crippen LogP contribution in [0.1, 0.15) is 11.1 Å². The van der Waals surface area contributed by atoms with Crippen LogP contribution in [0.3, 0.4) is 0 Å². The number of nitrogens with one attached hydrogen (secondary N) is 1. The van der Waals surface area contributed by atoms with Gasteiger partial charge in [-0.25, -0.2) is 0 Å². The first-order valence-corrected chi connectivity index (χ1v) is 10.3. The number of nitrogens with zero attached hydrogens (tertiary/aromatic N) is 2. The third kappa shape index (κ3) is 5.04. The minimum absolute atomic E-state index is 0.0281. The summed E-state index contributed by atoms with van der Waals surface area (Å²) in [5.41, 5.74) is 1.25. The van der Waals surface area contributed by atoms with Crippen LogP contribution in [0.5, 0.6) is 11.5 Å². The van der Waals surface area contributed by atoms with Crippen molar-refractivity contribution in [2.75, 3.05) is 5.32 Å². The van der Waals surface area contributed by atoms with E-state index in [-0.39, 0.29) is 35.7 Å². The topological polar surface area (TPSA) is 111 Å². The van der Waals surface area contributed by atoms with E-state index in [1.165, 1.54) is 0 Å². The average molecular weight is 439 g/mol. The molecular formula is C26H21N3O4. The van der Waals surface area contributed by atoms with Crippen molar-refractivity contribution in [3.8, 4) is 11.5 Å². The van der Waals surface area contributed by atoms with Crippen LogP contribution in [0, 0.1) is 0 Å². The molecule has 0 fully saturated rings. The first-order chi connectivity index (χ1) is 16.0. The van der Waals surface area contributed by atoms with Gasteiger partial charge in [-0.2, -0.15) is 0 Å². The maximum Gasteiger partial charge on any atom is 0.269 e. The van der Waals surface area contributed by atoms with E-state index in [2.05, 4.69) is 15.5 Å². The number of benzene rings is 4. The molecule has 0 saturated carbocycles. The molecule has 0 radical (unpaired) electrons. The van der Waals surface area contributed by atoms with E-state index < -0.39 is 11.8 Å². The number of rotatable bonds is 6. The molecule has 0 saturated heterocycles. The molecule has 0 heterocycles. The largest absolute Gasteiger partial charge is 0.505 e. The number of amides is 2.